The lowest BCUT2D eigenvalue weighted by molar-refractivity contribution is -0.137. The Bertz CT molecular complexity index is 1060. The molecule has 2 aromatic carbocycles. The highest BCUT2D eigenvalue weighted by Crippen LogP contribution is 2.38. The zero-order valence-corrected chi connectivity index (χ0v) is 17.2. The SMILES string of the molecule is COc1cc(C(=O)Oc2ccc(Oc3ccc(C(F)(F)F)cn3)cc2)cc(OC)c1OC. The molecule has 0 aliphatic heterocycles. The Balaban J connectivity index is 1.70. The second kappa shape index (κ2) is 9.46. The molecular formula is C22H18F3NO6. The van der Waals surface area contributed by atoms with E-state index in [9.17, 15) is 18.0 Å². The van der Waals surface area contributed by atoms with E-state index in [2.05, 4.69) is 4.98 Å². The van der Waals surface area contributed by atoms with E-state index in [1.54, 1.807) is 0 Å². The molecule has 0 fully saturated rings. The van der Waals surface area contributed by atoms with Crippen LogP contribution in [-0.4, -0.2) is 32.3 Å². The molecule has 0 amide bonds. The number of halogens is 3. The van der Waals surface area contributed by atoms with Crippen molar-refractivity contribution in [1.29, 1.82) is 0 Å². The van der Waals surface area contributed by atoms with Gasteiger partial charge in [0.15, 0.2) is 11.5 Å². The number of pyridine rings is 1. The average molecular weight is 449 g/mol. The van der Waals surface area contributed by atoms with Crippen molar-refractivity contribution in [1.82, 2.24) is 4.98 Å². The number of benzene rings is 2. The summed E-state index contributed by atoms with van der Waals surface area (Å²) in [6, 6.07) is 10.8. The molecule has 0 N–H and O–H groups in total. The summed E-state index contributed by atoms with van der Waals surface area (Å²) in [4.78, 5) is 16.2. The van der Waals surface area contributed by atoms with E-state index in [0.29, 0.717) is 29.2 Å². The van der Waals surface area contributed by atoms with Crippen molar-refractivity contribution in [2.75, 3.05) is 21.3 Å². The second-order valence-electron chi connectivity index (χ2n) is 6.26. The van der Waals surface area contributed by atoms with Gasteiger partial charge in [0.2, 0.25) is 11.6 Å². The highest BCUT2D eigenvalue weighted by Gasteiger charge is 2.30. The molecule has 0 aliphatic carbocycles. The number of alkyl halides is 3. The van der Waals surface area contributed by atoms with Gasteiger partial charge in [0.1, 0.15) is 11.5 Å². The summed E-state index contributed by atoms with van der Waals surface area (Å²) >= 11 is 0. The third-order valence-corrected chi connectivity index (χ3v) is 4.22. The van der Waals surface area contributed by atoms with Crippen molar-refractivity contribution < 1.29 is 41.7 Å². The predicted octanol–water partition coefficient (Wildman–Crippen LogP) is 5.14. The normalized spacial score (nSPS) is 10.9. The summed E-state index contributed by atoms with van der Waals surface area (Å²) in [5.74, 6) is 0.770. The minimum absolute atomic E-state index is 0.0137. The van der Waals surface area contributed by atoms with E-state index in [1.165, 1.54) is 57.7 Å². The number of rotatable bonds is 7. The fourth-order valence-corrected chi connectivity index (χ4v) is 2.67. The monoisotopic (exact) mass is 449 g/mol. The van der Waals surface area contributed by atoms with Gasteiger partial charge >= 0.3 is 12.1 Å². The molecule has 0 saturated heterocycles. The van der Waals surface area contributed by atoms with Crippen molar-refractivity contribution >= 4 is 5.97 Å². The maximum Gasteiger partial charge on any atom is 0.417 e. The van der Waals surface area contributed by atoms with E-state index >= 15 is 0 Å². The number of hydrogen-bond donors (Lipinski definition) is 0. The van der Waals surface area contributed by atoms with Gasteiger partial charge in [-0.3, -0.25) is 0 Å². The molecule has 1 heterocycles. The third-order valence-electron chi connectivity index (χ3n) is 4.22. The Morgan fingerprint density at radius 2 is 1.44 bits per heavy atom. The van der Waals surface area contributed by atoms with Crippen LogP contribution in [0.4, 0.5) is 13.2 Å². The van der Waals surface area contributed by atoms with Crippen LogP contribution in [0.5, 0.6) is 34.6 Å². The van der Waals surface area contributed by atoms with Gasteiger partial charge in [0.05, 0.1) is 32.5 Å². The molecule has 0 atom stereocenters. The Morgan fingerprint density at radius 1 is 0.844 bits per heavy atom. The van der Waals surface area contributed by atoms with Crippen molar-refractivity contribution in [3.05, 3.63) is 65.9 Å². The van der Waals surface area contributed by atoms with Crippen molar-refractivity contribution in [2.45, 2.75) is 6.18 Å². The highest BCUT2D eigenvalue weighted by molar-refractivity contribution is 5.92. The molecule has 0 radical (unpaired) electrons. The molecule has 0 aliphatic rings. The molecule has 3 aromatic rings. The zero-order chi connectivity index (χ0) is 23.3. The van der Waals surface area contributed by atoms with E-state index in [1.807, 2.05) is 0 Å². The first-order valence-corrected chi connectivity index (χ1v) is 9.08. The molecular weight excluding hydrogens is 431 g/mol. The second-order valence-corrected chi connectivity index (χ2v) is 6.26. The Kier molecular flexibility index (Phi) is 6.72. The van der Waals surface area contributed by atoms with Crippen LogP contribution in [0.2, 0.25) is 0 Å². The molecule has 3 rings (SSSR count). The predicted molar refractivity (Wildman–Crippen MR) is 107 cm³/mol. The lowest BCUT2D eigenvalue weighted by Gasteiger charge is -2.13. The van der Waals surface area contributed by atoms with Crippen LogP contribution >= 0.6 is 0 Å². The van der Waals surface area contributed by atoms with E-state index in [-0.39, 0.29) is 17.2 Å². The molecule has 10 heteroatoms. The summed E-state index contributed by atoms with van der Waals surface area (Å²) in [6.45, 7) is 0. The minimum atomic E-state index is -4.48. The van der Waals surface area contributed by atoms with Gasteiger partial charge in [-0.2, -0.15) is 13.2 Å². The van der Waals surface area contributed by atoms with Crippen LogP contribution < -0.4 is 23.7 Å². The van der Waals surface area contributed by atoms with Gasteiger partial charge in [-0.25, -0.2) is 9.78 Å². The number of methoxy groups -OCH3 is 3. The summed E-state index contributed by atoms with van der Waals surface area (Å²) in [5.41, 5.74) is -0.701. The van der Waals surface area contributed by atoms with Crippen LogP contribution in [0.1, 0.15) is 15.9 Å². The standard InChI is InChI=1S/C22H18F3NO6/c1-28-17-10-13(11-18(29-2)20(17)30-3)21(27)32-16-7-5-15(6-8-16)31-19-9-4-14(12-26-19)22(23,24)25/h4-12H,1-3H3. The summed E-state index contributed by atoms with van der Waals surface area (Å²) in [5, 5.41) is 0. The van der Waals surface area contributed by atoms with Gasteiger partial charge in [-0.15, -0.1) is 0 Å². The fourth-order valence-electron chi connectivity index (χ4n) is 2.67. The largest absolute Gasteiger partial charge is 0.493 e. The molecule has 7 nitrogen and oxygen atoms in total. The van der Waals surface area contributed by atoms with Crippen LogP contribution in [0.15, 0.2) is 54.7 Å². The number of hydrogen-bond acceptors (Lipinski definition) is 7. The summed E-state index contributed by atoms with van der Waals surface area (Å²) < 4.78 is 64.2. The van der Waals surface area contributed by atoms with Crippen molar-refractivity contribution in [2.24, 2.45) is 0 Å². The van der Waals surface area contributed by atoms with E-state index < -0.39 is 17.7 Å². The maximum atomic E-state index is 12.6. The van der Waals surface area contributed by atoms with Gasteiger partial charge in [-0.05, 0) is 42.5 Å². The van der Waals surface area contributed by atoms with Crippen LogP contribution in [0.25, 0.3) is 0 Å². The number of carbonyl (C=O) groups is 1. The zero-order valence-electron chi connectivity index (χ0n) is 17.2. The quantitative estimate of drug-likeness (QED) is 0.365. The Morgan fingerprint density at radius 3 is 1.91 bits per heavy atom. The van der Waals surface area contributed by atoms with Crippen molar-refractivity contribution in [3.8, 4) is 34.6 Å². The molecule has 0 saturated carbocycles. The minimum Gasteiger partial charge on any atom is -0.493 e. The first-order chi connectivity index (χ1) is 15.2. The first kappa shape index (κ1) is 22.7. The Labute approximate surface area is 181 Å². The van der Waals surface area contributed by atoms with Gasteiger partial charge in [0.25, 0.3) is 0 Å². The smallest absolute Gasteiger partial charge is 0.417 e. The lowest BCUT2D eigenvalue weighted by atomic mass is 10.2. The summed E-state index contributed by atoms with van der Waals surface area (Å²) in [7, 11) is 4.30. The average Bonchev–Trinajstić information content (AvgIpc) is 2.79. The van der Waals surface area contributed by atoms with Crippen LogP contribution in [0.3, 0.4) is 0 Å². The first-order valence-electron chi connectivity index (χ1n) is 9.08. The maximum absolute atomic E-state index is 12.6. The summed E-state index contributed by atoms with van der Waals surface area (Å²) in [6.07, 6.45) is -3.79. The van der Waals surface area contributed by atoms with Gasteiger partial charge in [-0.1, -0.05) is 0 Å². The van der Waals surface area contributed by atoms with Crippen molar-refractivity contribution in [3.63, 3.8) is 0 Å². The van der Waals surface area contributed by atoms with Gasteiger partial charge in [0, 0.05) is 12.3 Å². The van der Waals surface area contributed by atoms with Crippen LogP contribution in [0, 0.1) is 0 Å². The Hall–Kier alpha value is -3.95. The van der Waals surface area contributed by atoms with E-state index in [0.717, 1.165) is 12.1 Å². The molecule has 1 aromatic heterocycles. The number of aromatic nitrogens is 1. The highest BCUT2D eigenvalue weighted by atomic mass is 19.4. The number of esters is 1. The van der Waals surface area contributed by atoms with Crippen LogP contribution in [-0.2, 0) is 6.18 Å². The number of carbonyl (C=O) groups excluding carboxylic acids is 1. The number of ether oxygens (including phenoxy) is 5. The van der Waals surface area contributed by atoms with E-state index in [4.69, 9.17) is 23.7 Å². The molecule has 168 valence electrons. The molecule has 0 bridgehead atoms. The molecule has 0 spiro atoms. The topological polar surface area (TPSA) is 76.1 Å². The van der Waals surface area contributed by atoms with Gasteiger partial charge < -0.3 is 23.7 Å². The fraction of sp³-hybridized carbons (Fsp3) is 0.182. The molecule has 32 heavy (non-hydrogen) atoms. The molecule has 0 unspecified atom stereocenters. The lowest BCUT2D eigenvalue weighted by Crippen LogP contribution is -2.09. The third kappa shape index (κ3) is 5.20. The number of nitrogens with zero attached hydrogens (tertiary/aromatic N) is 1.